The molecule has 0 radical (unpaired) electrons. The number of fused-ring (bicyclic) bond motifs is 1. The number of benzene rings is 3. The van der Waals surface area contributed by atoms with E-state index in [0.717, 1.165) is 12.8 Å². The number of amides is 2. The van der Waals surface area contributed by atoms with E-state index in [9.17, 15) is 22.8 Å². The SMILES string of the molecule is CN(C1CCCCC1)S(C)(=O)=O.O=C(O)c1cccc(CONC(=O)[C@@H]2c3ccccc3C(=O)N[C@H]2c2ccc(Cl)cc2Cl)c1. The van der Waals surface area contributed by atoms with E-state index in [-0.39, 0.29) is 24.1 Å². The Morgan fingerprint density at radius 3 is 2.38 bits per heavy atom. The highest BCUT2D eigenvalue weighted by molar-refractivity contribution is 7.88. The second-order valence-corrected chi connectivity index (χ2v) is 13.9. The molecule has 45 heavy (non-hydrogen) atoms. The van der Waals surface area contributed by atoms with Gasteiger partial charge >= 0.3 is 5.97 Å². The van der Waals surface area contributed by atoms with E-state index in [1.54, 1.807) is 61.6 Å². The molecule has 0 spiro atoms. The molecule has 1 saturated carbocycles. The number of nitrogens with zero attached hydrogens (tertiary/aromatic N) is 1. The third-order valence-corrected chi connectivity index (χ3v) is 9.84. The maximum atomic E-state index is 13.2. The lowest BCUT2D eigenvalue weighted by Gasteiger charge is -2.33. The molecule has 1 aliphatic heterocycles. The van der Waals surface area contributed by atoms with Gasteiger partial charge < -0.3 is 10.4 Å². The van der Waals surface area contributed by atoms with E-state index >= 15 is 0 Å². The third-order valence-electron chi connectivity index (χ3n) is 7.94. The smallest absolute Gasteiger partial charge is 0.335 e. The number of hydrogen-bond acceptors (Lipinski definition) is 6. The van der Waals surface area contributed by atoms with Gasteiger partial charge in [0.2, 0.25) is 10.0 Å². The highest BCUT2D eigenvalue weighted by Gasteiger charge is 2.40. The summed E-state index contributed by atoms with van der Waals surface area (Å²) in [6, 6.07) is 17.4. The molecule has 240 valence electrons. The third kappa shape index (κ3) is 8.83. The Kier molecular flexibility index (Phi) is 11.6. The van der Waals surface area contributed by atoms with E-state index in [4.69, 9.17) is 33.1 Å². The van der Waals surface area contributed by atoms with Crippen LogP contribution in [0.15, 0.2) is 66.7 Å². The Hall–Kier alpha value is -3.48. The molecule has 13 heteroatoms. The lowest BCUT2D eigenvalue weighted by molar-refractivity contribution is -0.137. The first kappa shape index (κ1) is 34.4. The molecule has 10 nitrogen and oxygen atoms in total. The Labute approximate surface area is 272 Å². The fourth-order valence-corrected chi connectivity index (χ4v) is 6.80. The van der Waals surface area contributed by atoms with Gasteiger partial charge in [-0.15, -0.1) is 0 Å². The second-order valence-electron chi connectivity index (χ2n) is 11.0. The van der Waals surface area contributed by atoms with Gasteiger partial charge in [-0.25, -0.2) is 23.0 Å². The van der Waals surface area contributed by atoms with Crippen LogP contribution in [0, 0.1) is 0 Å². The van der Waals surface area contributed by atoms with Crippen molar-refractivity contribution < 1.29 is 32.7 Å². The predicted octanol–water partition coefficient (Wildman–Crippen LogP) is 5.72. The summed E-state index contributed by atoms with van der Waals surface area (Å²) < 4.78 is 23.8. The summed E-state index contributed by atoms with van der Waals surface area (Å²) in [6.45, 7) is -0.0417. The van der Waals surface area contributed by atoms with E-state index in [1.165, 1.54) is 42.0 Å². The lowest BCUT2D eigenvalue weighted by atomic mass is 9.80. The zero-order valence-corrected chi connectivity index (χ0v) is 27.2. The number of carbonyl (C=O) groups excluding carboxylic acids is 2. The number of hydroxylamine groups is 1. The molecule has 3 N–H and O–H groups in total. The number of carbonyl (C=O) groups is 3. The number of sulfonamides is 1. The quantitative estimate of drug-likeness (QED) is 0.259. The minimum Gasteiger partial charge on any atom is -0.478 e. The van der Waals surface area contributed by atoms with Crippen molar-refractivity contribution in [2.24, 2.45) is 0 Å². The molecule has 0 saturated heterocycles. The van der Waals surface area contributed by atoms with E-state index in [2.05, 4.69) is 10.8 Å². The first-order valence-corrected chi connectivity index (χ1v) is 17.0. The number of hydrogen-bond donors (Lipinski definition) is 3. The standard InChI is InChI=1S/C24H18Cl2N2O5.C8H17NO2S/c25-15-8-9-18(19(26)11-15)21-20(16-6-1-2-7-17(16)22(29)27-21)23(30)28-33-12-13-4-3-5-14(10-13)24(31)32;1-9(12(2,10)11)8-6-4-3-5-7-8/h1-11,20-21H,12H2,(H,27,29)(H,28,30)(H,31,32);8H,3-7H2,1-2H3/t20-,21+;/m1./s1. The molecule has 1 fully saturated rings. The molecule has 1 aliphatic carbocycles. The van der Waals surface area contributed by atoms with Crippen molar-refractivity contribution in [3.8, 4) is 0 Å². The Morgan fingerprint density at radius 2 is 1.71 bits per heavy atom. The van der Waals surface area contributed by atoms with Crippen LogP contribution in [0.2, 0.25) is 10.0 Å². The number of carboxylic acid groups (broad SMARTS) is 1. The maximum absolute atomic E-state index is 13.2. The van der Waals surface area contributed by atoms with Gasteiger partial charge in [-0.3, -0.25) is 14.4 Å². The van der Waals surface area contributed by atoms with Crippen LogP contribution >= 0.6 is 23.2 Å². The molecule has 2 amide bonds. The second kappa shape index (κ2) is 15.2. The normalized spacial score (nSPS) is 18.3. The first-order valence-electron chi connectivity index (χ1n) is 14.4. The molecule has 1 heterocycles. The van der Waals surface area contributed by atoms with Crippen molar-refractivity contribution in [1.82, 2.24) is 15.1 Å². The first-order chi connectivity index (χ1) is 21.4. The van der Waals surface area contributed by atoms with Crippen LogP contribution in [0.4, 0.5) is 0 Å². The monoisotopic (exact) mass is 675 g/mol. The van der Waals surface area contributed by atoms with Crippen LogP contribution in [-0.4, -0.2) is 55.0 Å². The van der Waals surface area contributed by atoms with Crippen molar-refractivity contribution in [2.75, 3.05) is 13.3 Å². The fraction of sp³-hybridized carbons (Fsp3) is 0.344. The summed E-state index contributed by atoms with van der Waals surface area (Å²) in [5.41, 5.74) is 4.57. The summed E-state index contributed by atoms with van der Waals surface area (Å²) in [5, 5.41) is 12.7. The minimum atomic E-state index is -2.97. The number of nitrogens with one attached hydrogen (secondary N) is 2. The predicted molar refractivity (Wildman–Crippen MR) is 172 cm³/mol. The Morgan fingerprint density at radius 1 is 1.00 bits per heavy atom. The molecule has 0 bridgehead atoms. The van der Waals surface area contributed by atoms with Gasteiger partial charge in [0.15, 0.2) is 0 Å². The molecule has 0 unspecified atom stereocenters. The van der Waals surface area contributed by atoms with Crippen molar-refractivity contribution in [3.63, 3.8) is 0 Å². The summed E-state index contributed by atoms with van der Waals surface area (Å²) in [7, 11) is -1.28. The Balaban J connectivity index is 0.000000323. The maximum Gasteiger partial charge on any atom is 0.335 e. The number of halogens is 2. The molecule has 3 aromatic rings. The highest BCUT2D eigenvalue weighted by atomic mass is 35.5. The van der Waals surface area contributed by atoms with Crippen LogP contribution in [-0.2, 0) is 26.3 Å². The van der Waals surface area contributed by atoms with Gasteiger partial charge in [0, 0.05) is 28.7 Å². The molecule has 5 rings (SSSR count). The molecular formula is C32H35Cl2N3O7S. The Bertz CT molecular complexity index is 1660. The van der Waals surface area contributed by atoms with Gasteiger partial charge in [-0.2, -0.15) is 0 Å². The molecule has 0 aromatic heterocycles. The van der Waals surface area contributed by atoms with Crippen LogP contribution in [0.3, 0.4) is 0 Å². The number of rotatable bonds is 8. The van der Waals surface area contributed by atoms with Gasteiger partial charge in [0.05, 0.1) is 30.4 Å². The summed E-state index contributed by atoms with van der Waals surface area (Å²) in [6.07, 6.45) is 6.94. The van der Waals surface area contributed by atoms with Crippen molar-refractivity contribution in [2.45, 2.75) is 56.7 Å². The number of carboxylic acids is 1. The summed E-state index contributed by atoms with van der Waals surface area (Å²) in [5.74, 6) is -2.70. The highest BCUT2D eigenvalue weighted by Crippen LogP contribution is 2.40. The van der Waals surface area contributed by atoms with Crippen molar-refractivity contribution >= 4 is 51.0 Å². The number of aromatic carboxylic acids is 1. The average Bonchev–Trinajstić information content (AvgIpc) is 3.01. The fourth-order valence-electron chi connectivity index (χ4n) is 5.52. The zero-order chi connectivity index (χ0) is 32.7. The molecule has 3 aromatic carbocycles. The van der Waals surface area contributed by atoms with Crippen molar-refractivity contribution in [1.29, 1.82) is 0 Å². The molecule has 2 atom stereocenters. The average molecular weight is 677 g/mol. The summed E-state index contributed by atoms with van der Waals surface area (Å²) >= 11 is 12.4. The van der Waals surface area contributed by atoms with Crippen LogP contribution in [0.1, 0.15) is 81.5 Å². The van der Waals surface area contributed by atoms with Gasteiger partial charge in [-0.05, 0) is 59.9 Å². The molecule has 2 aliphatic rings. The lowest BCUT2D eigenvalue weighted by Crippen LogP contribution is -2.44. The van der Waals surface area contributed by atoms with Gasteiger partial charge in [0.25, 0.3) is 11.8 Å². The van der Waals surface area contributed by atoms with Crippen LogP contribution < -0.4 is 10.8 Å². The van der Waals surface area contributed by atoms with E-state index < -0.39 is 33.9 Å². The van der Waals surface area contributed by atoms with Gasteiger partial charge in [-0.1, -0.05) is 78.9 Å². The molecular weight excluding hydrogens is 641 g/mol. The topological polar surface area (TPSA) is 142 Å². The minimum absolute atomic E-state index is 0.0417. The van der Waals surface area contributed by atoms with Gasteiger partial charge in [0.1, 0.15) is 0 Å². The van der Waals surface area contributed by atoms with Crippen LogP contribution in [0.25, 0.3) is 0 Å². The largest absolute Gasteiger partial charge is 0.478 e. The zero-order valence-electron chi connectivity index (χ0n) is 24.8. The van der Waals surface area contributed by atoms with E-state index in [0.29, 0.717) is 32.3 Å². The van der Waals surface area contributed by atoms with Crippen LogP contribution in [0.5, 0.6) is 0 Å². The summed E-state index contributed by atoms with van der Waals surface area (Å²) in [4.78, 5) is 42.5. The van der Waals surface area contributed by atoms with E-state index in [1.807, 2.05) is 0 Å². The van der Waals surface area contributed by atoms with Crippen molar-refractivity contribution in [3.05, 3.63) is 105 Å².